The molecule has 0 saturated carbocycles. The summed E-state index contributed by atoms with van der Waals surface area (Å²) in [4.78, 5) is 0. The van der Waals surface area contributed by atoms with Gasteiger partial charge in [0, 0.05) is 63.8 Å². The van der Waals surface area contributed by atoms with Crippen molar-refractivity contribution in [3.8, 4) is 0 Å². The highest BCUT2D eigenvalue weighted by Gasteiger charge is 2.43. The highest BCUT2D eigenvalue weighted by molar-refractivity contribution is 6.61. The van der Waals surface area contributed by atoms with Gasteiger partial charge in [-0.1, -0.05) is 41.5 Å². The van der Waals surface area contributed by atoms with Crippen LogP contribution in [0, 0.1) is 0 Å². The molecule has 0 radical (unpaired) electrons. The first kappa shape index (κ1) is 36.1. The van der Waals surface area contributed by atoms with Gasteiger partial charge in [0.1, 0.15) is 0 Å². The molecule has 0 atom stereocenters. The van der Waals surface area contributed by atoms with Crippen molar-refractivity contribution in [2.45, 2.75) is 123 Å². The normalized spacial score (nSPS) is 13.0. The van der Waals surface area contributed by atoms with Gasteiger partial charge in [0.25, 0.3) is 0 Å². The summed E-state index contributed by atoms with van der Waals surface area (Å²) >= 11 is 0. The monoisotopic (exact) mass is 552 g/mol. The van der Waals surface area contributed by atoms with Gasteiger partial charge >= 0.3 is 17.6 Å². The fourth-order valence-corrected chi connectivity index (χ4v) is 9.55. The van der Waals surface area contributed by atoms with Crippen LogP contribution in [0.2, 0.25) is 12.1 Å². The predicted molar refractivity (Wildman–Crippen MR) is 153 cm³/mol. The van der Waals surface area contributed by atoms with Crippen LogP contribution in [0.3, 0.4) is 0 Å². The van der Waals surface area contributed by atoms with Crippen LogP contribution in [0.15, 0.2) is 0 Å². The molecule has 0 aromatic heterocycles. The van der Waals surface area contributed by atoms with E-state index in [4.69, 9.17) is 38.0 Å². The van der Waals surface area contributed by atoms with Crippen LogP contribution in [0.4, 0.5) is 0 Å². The molecule has 0 heterocycles. The molecule has 0 amide bonds. The summed E-state index contributed by atoms with van der Waals surface area (Å²) in [7, 11) is -5.45. The Bertz CT molecular complexity index is 424. The van der Waals surface area contributed by atoms with Crippen molar-refractivity contribution in [2.24, 2.45) is 11.5 Å². The summed E-state index contributed by atoms with van der Waals surface area (Å²) < 4.78 is 37.5. The maximum atomic E-state index is 6.82. The van der Waals surface area contributed by atoms with Crippen LogP contribution in [-0.2, 0) is 26.6 Å². The van der Waals surface area contributed by atoms with Crippen molar-refractivity contribution in [3.05, 3.63) is 0 Å². The lowest BCUT2D eigenvalue weighted by Gasteiger charge is -2.33. The molecule has 0 bridgehead atoms. The third kappa shape index (κ3) is 15.5. The van der Waals surface area contributed by atoms with Gasteiger partial charge in [0.2, 0.25) is 0 Å². The highest BCUT2D eigenvalue weighted by Crippen LogP contribution is 2.27. The minimum absolute atomic E-state index is 0.430. The molecule has 4 N–H and O–H groups in total. The summed E-state index contributed by atoms with van der Waals surface area (Å²) in [5, 5.41) is 0. The van der Waals surface area contributed by atoms with E-state index in [9.17, 15) is 0 Å². The first-order valence-electron chi connectivity index (χ1n) is 14.7. The van der Waals surface area contributed by atoms with E-state index < -0.39 is 23.1 Å². The van der Waals surface area contributed by atoms with Crippen molar-refractivity contribution >= 4 is 17.6 Å². The lowest BCUT2D eigenvalue weighted by molar-refractivity contribution is 0.0580. The lowest BCUT2D eigenvalue weighted by Crippen LogP contribution is -2.50. The molecule has 8 nitrogen and oxygen atoms in total. The molecule has 0 aliphatic carbocycles. The summed E-state index contributed by atoms with van der Waals surface area (Å²) in [6.45, 7) is 17.0. The Morgan fingerprint density at radius 2 is 0.750 bits per heavy atom. The van der Waals surface area contributed by atoms with Crippen molar-refractivity contribution in [3.63, 3.8) is 0 Å². The molecule has 10 heteroatoms. The van der Waals surface area contributed by atoms with Crippen LogP contribution in [-0.4, -0.2) is 69.3 Å². The molecular weight excluding hydrogens is 492 g/mol. The van der Waals surface area contributed by atoms with Crippen LogP contribution in [0.1, 0.15) is 106 Å². The van der Waals surface area contributed by atoms with Crippen LogP contribution < -0.4 is 11.5 Å². The van der Waals surface area contributed by atoms with Crippen molar-refractivity contribution in [2.75, 3.05) is 46.2 Å². The maximum absolute atomic E-state index is 6.82. The second kappa shape index (κ2) is 22.0. The smallest absolute Gasteiger partial charge is 0.373 e. The molecule has 0 aromatic carbocycles. The van der Waals surface area contributed by atoms with E-state index >= 15 is 0 Å². The second-order valence-electron chi connectivity index (χ2n) is 9.73. The molecule has 36 heavy (non-hydrogen) atoms. The standard InChI is InChI=1S/C26H60N2O6Si2/c1-7-17-29-35(30-18-8-2,31-19-9-3)23-13-15-26(28,25-27)16-14-24-36(32-20-10-4,33-21-11-5)34-22-12-6/h7-25,27-28H2,1-6H3. The highest BCUT2D eigenvalue weighted by atomic mass is 28.4. The van der Waals surface area contributed by atoms with E-state index in [2.05, 4.69) is 41.5 Å². The lowest BCUT2D eigenvalue weighted by atomic mass is 9.90. The van der Waals surface area contributed by atoms with Gasteiger partial charge in [-0.15, -0.1) is 0 Å². The summed E-state index contributed by atoms with van der Waals surface area (Å²) in [5.74, 6) is 0. The Morgan fingerprint density at radius 1 is 0.500 bits per heavy atom. The fraction of sp³-hybridized carbons (Fsp3) is 1.00. The average Bonchev–Trinajstić information content (AvgIpc) is 2.89. The van der Waals surface area contributed by atoms with Gasteiger partial charge in [-0.2, -0.15) is 0 Å². The summed E-state index contributed by atoms with van der Waals surface area (Å²) in [6, 6.07) is 1.53. The van der Waals surface area contributed by atoms with Gasteiger partial charge in [-0.05, 0) is 64.2 Å². The zero-order valence-corrected chi connectivity index (χ0v) is 26.5. The van der Waals surface area contributed by atoms with Gasteiger partial charge in [0.05, 0.1) is 0 Å². The van der Waals surface area contributed by atoms with Crippen LogP contribution >= 0.6 is 0 Å². The predicted octanol–water partition coefficient (Wildman–Crippen LogP) is 5.64. The van der Waals surface area contributed by atoms with E-state index in [1.54, 1.807) is 0 Å². The summed E-state index contributed by atoms with van der Waals surface area (Å²) in [5.41, 5.74) is 12.6. The SMILES string of the molecule is CCCO[Si](CCCC(N)(CN)CCC[Si](OCCC)(OCCC)OCCC)(OCCC)OCCC. The number of rotatable bonds is 27. The number of hydrogen-bond donors (Lipinski definition) is 2. The molecule has 218 valence electrons. The molecule has 0 aliphatic rings. The first-order valence-corrected chi connectivity index (χ1v) is 18.5. The first-order chi connectivity index (χ1) is 17.3. The fourth-order valence-electron chi connectivity index (χ4n) is 3.87. The van der Waals surface area contributed by atoms with E-state index in [-0.39, 0.29) is 0 Å². The van der Waals surface area contributed by atoms with Gasteiger partial charge in [0.15, 0.2) is 0 Å². The Morgan fingerprint density at radius 3 is 0.944 bits per heavy atom. The molecule has 0 fully saturated rings. The van der Waals surface area contributed by atoms with Crippen LogP contribution in [0.25, 0.3) is 0 Å². The van der Waals surface area contributed by atoms with Crippen molar-refractivity contribution in [1.82, 2.24) is 0 Å². The minimum atomic E-state index is -2.73. The third-order valence-electron chi connectivity index (χ3n) is 5.88. The Kier molecular flexibility index (Phi) is 22.1. The number of nitrogens with two attached hydrogens (primary N) is 2. The zero-order valence-electron chi connectivity index (χ0n) is 24.5. The van der Waals surface area contributed by atoms with E-state index in [0.717, 1.165) is 76.3 Å². The average molecular weight is 553 g/mol. The van der Waals surface area contributed by atoms with E-state index in [0.29, 0.717) is 46.2 Å². The molecule has 0 aromatic rings. The molecule has 0 saturated heterocycles. The quantitative estimate of drug-likeness (QED) is 0.126. The van der Waals surface area contributed by atoms with E-state index in [1.807, 2.05) is 0 Å². The van der Waals surface area contributed by atoms with Crippen molar-refractivity contribution in [1.29, 1.82) is 0 Å². The largest absolute Gasteiger partial charge is 0.500 e. The molecule has 0 spiro atoms. The zero-order chi connectivity index (χ0) is 27.2. The Labute approximate surface area is 225 Å². The van der Waals surface area contributed by atoms with E-state index in [1.165, 1.54) is 0 Å². The van der Waals surface area contributed by atoms with Gasteiger partial charge in [-0.3, -0.25) is 0 Å². The molecule has 0 aliphatic heterocycles. The topological polar surface area (TPSA) is 107 Å². The minimum Gasteiger partial charge on any atom is -0.373 e. The molecular formula is C26H60N2O6Si2. The van der Waals surface area contributed by atoms with Gasteiger partial charge in [-0.25, -0.2) is 0 Å². The number of hydrogen-bond acceptors (Lipinski definition) is 8. The molecule has 0 rings (SSSR count). The Balaban J connectivity index is 5.18. The molecule has 0 unspecified atom stereocenters. The maximum Gasteiger partial charge on any atom is 0.500 e. The third-order valence-corrected chi connectivity index (χ3v) is 11.7. The Hall–Kier alpha value is 0.114. The van der Waals surface area contributed by atoms with Crippen LogP contribution in [0.5, 0.6) is 0 Å². The van der Waals surface area contributed by atoms with Crippen molar-refractivity contribution < 1.29 is 26.6 Å². The van der Waals surface area contributed by atoms with Gasteiger partial charge < -0.3 is 38.0 Å². The summed E-state index contributed by atoms with van der Waals surface area (Å²) in [6.07, 6.45) is 8.97. The second-order valence-corrected chi connectivity index (χ2v) is 15.2.